The van der Waals surface area contributed by atoms with Gasteiger partial charge < -0.3 is 14.2 Å². The third-order valence-electron chi connectivity index (χ3n) is 9.93. The Morgan fingerprint density at radius 1 is 0.358 bits per heavy atom. The van der Waals surface area contributed by atoms with Crippen molar-refractivity contribution in [1.29, 1.82) is 0 Å². The van der Waals surface area contributed by atoms with E-state index in [1.54, 1.807) is 0 Å². The van der Waals surface area contributed by atoms with Gasteiger partial charge in [0.05, 0.1) is 0 Å². The number of unbranched alkanes of at least 4 members (excludes halogenated alkanes) is 26. The zero-order valence-electron chi connectivity index (χ0n) is 35.3. The number of carbonyl (C=O) groups excluding carboxylic acids is 3. The van der Waals surface area contributed by atoms with Crippen molar-refractivity contribution in [2.24, 2.45) is 0 Å². The highest BCUT2D eigenvalue weighted by molar-refractivity contribution is 5.71. The van der Waals surface area contributed by atoms with Crippen LogP contribution in [0, 0.1) is 0 Å². The van der Waals surface area contributed by atoms with Crippen LogP contribution in [0.2, 0.25) is 0 Å². The minimum Gasteiger partial charge on any atom is -0.462 e. The third-order valence-corrected chi connectivity index (χ3v) is 9.93. The lowest BCUT2D eigenvalue weighted by Crippen LogP contribution is -2.30. The monoisotopic (exact) mass is 747 g/mol. The standard InChI is InChI=1S/C47H86O6/c1-4-7-10-13-16-19-22-23-26-28-31-34-37-40-46(49)52-43-44(53-47(50)41-38-35-32-29-25-21-18-15-12-9-6-3)42-51-45(48)39-36-33-30-27-24-20-17-14-11-8-5-2/h14,17,19,22,44H,4-13,15-16,18,20-21,23-43H2,1-3H3/b17-14-,22-19-/t44-/m0/s1. The largest absolute Gasteiger partial charge is 0.462 e. The Balaban J connectivity index is 4.37. The molecule has 0 fully saturated rings. The van der Waals surface area contributed by atoms with E-state index in [1.807, 2.05) is 0 Å². The molecule has 0 radical (unpaired) electrons. The highest BCUT2D eigenvalue weighted by Gasteiger charge is 2.19. The average molecular weight is 747 g/mol. The first-order chi connectivity index (χ1) is 26.0. The summed E-state index contributed by atoms with van der Waals surface area (Å²) in [5.74, 6) is -0.890. The number of hydrogen-bond acceptors (Lipinski definition) is 6. The maximum Gasteiger partial charge on any atom is 0.306 e. The Morgan fingerprint density at radius 3 is 1.02 bits per heavy atom. The second-order valence-corrected chi connectivity index (χ2v) is 15.3. The van der Waals surface area contributed by atoms with Crippen molar-refractivity contribution in [2.75, 3.05) is 13.2 Å². The van der Waals surface area contributed by atoms with E-state index in [0.717, 1.165) is 70.6 Å². The van der Waals surface area contributed by atoms with Gasteiger partial charge >= 0.3 is 17.9 Å². The van der Waals surface area contributed by atoms with Gasteiger partial charge in [-0.15, -0.1) is 0 Å². The molecule has 0 unspecified atom stereocenters. The first kappa shape index (κ1) is 50.9. The normalized spacial score (nSPS) is 12.1. The summed E-state index contributed by atoms with van der Waals surface area (Å²) >= 11 is 0. The van der Waals surface area contributed by atoms with Gasteiger partial charge in [-0.2, -0.15) is 0 Å². The van der Waals surface area contributed by atoms with Gasteiger partial charge in [-0.25, -0.2) is 0 Å². The fourth-order valence-corrected chi connectivity index (χ4v) is 6.42. The molecule has 0 amide bonds. The van der Waals surface area contributed by atoms with E-state index in [-0.39, 0.29) is 31.1 Å². The fourth-order valence-electron chi connectivity index (χ4n) is 6.42. The Morgan fingerprint density at radius 2 is 0.642 bits per heavy atom. The predicted octanol–water partition coefficient (Wildman–Crippen LogP) is 14.4. The summed E-state index contributed by atoms with van der Waals surface area (Å²) in [5, 5.41) is 0. The molecule has 6 nitrogen and oxygen atoms in total. The number of rotatable bonds is 41. The van der Waals surface area contributed by atoms with Crippen LogP contribution in [0.1, 0.15) is 239 Å². The van der Waals surface area contributed by atoms with E-state index in [0.29, 0.717) is 19.3 Å². The Labute approximate surface area is 328 Å². The fraction of sp³-hybridized carbons (Fsp3) is 0.851. The smallest absolute Gasteiger partial charge is 0.306 e. The molecule has 0 saturated carbocycles. The van der Waals surface area contributed by atoms with Crippen LogP contribution in [-0.2, 0) is 28.6 Å². The molecule has 6 heteroatoms. The lowest BCUT2D eigenvalue weighted by molar-refractivity contribution is -0.167. The van der Waals surface area contributed by atoms with Crippen molar-refractivity contribution in [3.63, 3.8) is 0 Å². The maximum atomic E-state index is 12.7. The Hall–Kier alpha value is -2.11. The molecule has 0 aromatic heterocycles. The molecular weight excluding hydrogens is 661 g/mol. The summed E-state index contributed by atoms with van der Waals surface area (Å²) in [6.45, 7) is 6.56. The van der Waals surface area contributed by atoms with Gasteiger partial charge in [0.25, 0.3) is 0 Å². The van der Waals surface area contributed by atoms with Crippen LogP contribution in [0.3, 0.4) is 0 Å². The highest BCUT2D eigenvalue weighted by atomic mass is 16.6. The third kappa shape index (κ3) is 40.9. The second-order valence-electron chi connectivity index (χ2n) is 15.3. The first-order valence-corrected chi connectivity index (χ1v) is 22.8. The van der Waals surface area contributed by atoms with Crippen LogP contribution in [0.15, 0.2) is 24.3 Å². The van der Waals surface area contributed by atoms with Crippen molar-refractivity contribution in [3.05, 3.63) is 24.3 Å². The number of esters is 3. The van der Waals surface area contributed by atoms with Crippen LogP contribution < -0.4 is 0 Å². The number of hydrogen-bond donors (Lipinski definition) is 0. The molecule has 53 heavy (non-hydrogen) atoms. The van der Waals surface area contributed by atoms with Crippen LogP contribution in [0.25, 0.3) is 0 Å². The van der Waals surface area contributed by atoms with Gasteiger partial charge in [0.2, 0.25) is 0 Å². The van der Waals surface area contributed by atoms with Crippen LogP contribution in [0.4, 0.5) is 0 Å². The summed E-state index contributed by atoms with van der Waals surface area (Å²) in [6.07, 6.45) is 45.8. The minimum absolute atomic E-state index is 0.0756. The van der Waals surface area contributed by atoms with Crippen LogP contribution >= 0.6 is 0 Å². The van der Waals surface area contributed by atoms with Crippen molar-refractivity contribution in [2.45, 2.75) is 245 Å². The van der Waals surface area contributed by atoms with Gasteiger partial charge in [0, 0.05) is 19.3 Å². The topological polar surface area (TPSA) is 78.9 Å². The number of ether oxygens (including phenoxy) is 3. The summed E-state index contributed by atoms with van der Waals surface area (Å²) in [4.78, 5) is 37.7. The predicted molar refractivity (Wildman–Crippen MR) is 224 cm³/mol. The van der Waals surface area contributed by atoms with E-state index in [1.165, 1.54) is 128 Å². The summed E-state index contributed by atoms with van der Waals surface area (Å²) in [6, 6.07) is 0. The maximum absolute atomic E-state index is 12.7. The van der Waals surface area contributed by atoms with Crippen molar-refractivity contribution >= 4 is 17.9 Å². The van der Waals surface area contributed by atoms with Crippen molar-refractivity contribution in [3.8, 4) is 0 Å². The Bertz CT molecular complexity index is 865. The van der Waals surface area contributed by atoms with Gasteiger partial charge in [0.15, 0.2) is 6.10 Å². The molecule has 0 aromatic carbocycles. The van der Waals surface area contributed by atoms with Crippen LogP contribution in [0.5, 0.6) is 0 Å². The van der Waals surface area contributed by atoms with Gasteiger partial charge in [-0.3, -0.25) is 14.4 Å². The number of allylic oxidation sites excluding steroid dienone is 4. The molecule has 1 atom stereocenters. The lowest BCUT2D eigenvalue weighted by atomic mass is 10.1. The van der Waals surface area contributed by atoms with E-state index < -0.39 is 6.10 Å². The average Bonchev–Trinajstić information content (AvgIpc) is 3.15. The molecule has 0 bridgehead atoms. The molecule has 0 aliphatic carbocycles. The molecule has 0 spiro atoms. The van der Waals surface area contributed by atoms with E-state index in [4.69, 9.17) is 14.2 Å². The van der Waals surface area contributed by atoms with E-state index >= 15 is 0 Å². The quantitative estimate of drug-likeness (QED) is 0.0268. The molecule has 0 aliphatic rings. The molecule has 0 aliphatic heterocycles. The van der Waals surface area contributed by atoms with Crippen molar-refractivity contribution in [1.82, 2.24) is 0 Å². The highest BCUT2D eigenvalue weighted by Crippen LogP contribution is 2.14. The zero-order valence-corrected chi connectivity index (χ0v) is 35.3. The minimum atomic E-state index is -0.770. The van der Waals surface area contributed by atoms with Crippen molar-refractivity contribution < 1.29 is 28.6 Å². The molecular formula is C47H86O6. The summed E-state index contributed by atoms with van der Waals surface area (Å²) < 4.78 is 16.7. The molecule has 0 saturated heterocycles. The zero-order chi connectivity index (χ0) is 38.7. The SMILES string of the molecule is CCCC/C=C\CCCCCCCC(=O)OC[C@@H](COC(=O)CCCCCCC/C=C\CCCCCC)OC(=O)CCCCCCCCCCCCC. The summed E-state index contributed by atoms with van der Waals surface area (Å²) in [7, 11) is 0. The molecule has 0 N–H and O–H groups in total. The van der Waals surface area contributed by atoms with E-state index in [2.05, 4.69) is 45.1 Å². The number of carbonyl (C=O) groups is 3. The van der Waals surface area contributed by atoms with E-state index in [9.17, 15) is 14.4 Å². The van der Waals surface area contributed by atoms with Gasteiger partial charge in [-0.1, -0.05) is 180 Å². The van der Waals surface area contributed by atoms with Crippen LogP contribution in [-0.4, -0.2) is 37.2 Å². The summed E-state index contributed by atoms with van der Waals surface area (Å²) in [5.41, 5.74) is 0. The van der Waals surface area contributed by atoms with Gasteiger partial charge in [-0.05, 0) is 64.2 Å². The first-order valence-electron chi connectivity index (χ1n) is 22.8. The second kappa shape index (κ2) is 42.6. The molecule has 0 rings (SSSR count). The molecule has 310 valence electrons. The lowest BCUT2D eigenvalue weighted by Gasteiger charge is -2.18. The molecule has 0 heterocycles. The van der Waals surface area contributed by atoms with Gasteiger partial charge in [0.1, 0.15) is 13.2 Å². The molecule has 0 aromatic rings. The Kier molecular flexibility index (Phi) is 40.9.